The number of hydrogen-bond donors (Lipinski definition) is 1. The molecule has 140 valence electrons. The van der Waals surface area contributed by atoms with Gasteiger partial charge < -0.3 is 5.32 Å². The Labute approximate surface area is 166 Å². The van der Waals surface area contributed by atoms with Gasteiger partial charge in [-0.05, 0) is 34.5 Å². The second-order valence-electron chi connectivity index (χ2n) is 6.72. The first-order valence-electron chi connectivity index (χ1n) is 8.89. The molecule has 3 aromatic rings. The zero-order valence-electron chi connectivity index (χ0n) is 14.9. The van der Waals surface area contributed by atoms with E-state index in [-0.39, 0.29) is 24.7 Å². The van der Waals surface area contributed by atoms with Crippen molar-refractivity contribution in [3.63, 3.8) is 0 Å². The zero-order valence-corrected chi connectivity index (χ0v) is 15.6. The molecule has 1 atom stereocenters. The lowest BCUT2D eigenvalue weighted by atomic mass is 10.0. The van der Waals surface area contributed by atoms with Crippen LogP contribution in [0.3, 0.4) is 0 Å². The minimum atomic E-state index is -0.565. The van der Waals surface area contributed by atoms with Crippen LogP contribution in [0, 0.1) is 0 Å². The molecule has 0 aromatic heterocycles. The summed E-state index contributed by atoms with van der Waals surface area (Å²) in [6, 6.07) is 19.0. The van der Waals surface area contributed by atoms with Gasteiger partial charge in [0.2, 0.25) is 5.91 Å². The van der Waals surface area contributed by atoms with Gasteiger partial charge in [-0.1, -0.05) is 60.1 Å². The first kappa shape index (κ1) is 18.2. The molecule has 0 radical (unpaired) electrons. The highest BCUT2D eigenvalue weighted by molar-refractivity contribution is 6.30. The van der Waals surface area contributed by atoms with Crippen LogP contribution in [-0.2, 0) is 4.79 Å². The zero-order chi connectivity index (χ0) is 19.7. The number of rotatable bonds is 4. The van der Waals surface area contributed by atoms with Crippen LogP contribution in [0.15, 0.2) is 66.7 Å². The van der Waals surface area contributed by atoms with Crippen molar-refractivity contribution in [3.8, 4) is 0 Å². The molecule has 1 heterocycles. The smallest absolute Gasteiger partial charge is 0.325 e. The molecule has 0 spiro atoms. The maximum absolute atomic E-state index is 12.6. The van der Waals surface area contributed by atoms with Gasteiger partial charge in [0.25, 0.3) is 0 Å². The van der Waals surface area contributed by atoms with Crippen LogP contribution in [0.5, 0.6) is 0 Å². The summed E-state index contributed by atoms with van der Waals surface area (Å²) < 4.78 is 0. The highest BCUT2D eigenvalue weighted by Crippen LogP contribution is 2.24. The first-order chi connectivity index (χ1) is 13.5. The number of amides is 3. The van der Waals surface area contributed by atoms with Crippen molar-refractivity contribution in [2.45, 2.75) is 12.5 Å². The van der Waals surface area contributed by atoms with Crippen molar-refractivity contribution in [2.24, 2.45) is 0 Å². The Morgan fingerprint density at radius 1 is 1.00 bits per heavy atom. The Hall–Kier alpha value is -3.18. The van der Waals surface area contributed by atoms with E-state index in [0.29, 0.717) is 10.6 Å². The standard InChI is InChI=1S/C22H17ClN2O3/c23-18-9-7-15(8-10-18)19-12-21(27)25(22(28)24-19)13-20(26)17-6-5-14-3-1-2-4-16(14)11-17/h1-11,19H,12-13H2,(H,24,28). The molecule has 1 aliphatic heterocycles. The summed E-state index contributed by atoms with van der Waals surface area (Å²) in [4.78, 5) is 38.6. The average Bonchev–Trinajstić information content (AvgIpc) is 2.70. The number of carbonyl (C=O) groups excluding carboxylic acids is 3. The number of ketones is 1. The number of nitrogens with one attached hydrogen (secondary N) is 1. The van der Waals surface area contributed by atoms with Gasteiger partial charge in [0.05, 0.1) is 19.0 Å². The normalized spacial score (nSPS) is 16.9. The van der Waals surface area contributed by atoms with Crippen LogP contribution in [0.25, 0.3) is 10.8 Å². The van der Waals surface area contributed by atoms with Crippen LogP contribution in [-0.4, -0.2) is 29.2 Å². The number of halogens is 1. The van der Waals surface area contributed by atoms with E-state index in [1.54, 1.807) is 36.4 Å². The Bertz CT molecular complexity index is 1060. The van der Waals surface area contributed by atoms with Crippen molar-refractivity contribution < 1.29 is 14.4 Å². The van der Waals surface area contributed by atoms with Gasteiger partial charge in [-0.3, -0.25) is 14.5 Å². The maximum Gasteiger partial charge on any atom is 0.325 e. The molecule has 0 bridgehead atoms. The van der Waals surface area contributed by atoms with Gasteiger partial charge in [-0.15, -0.1) is 0 Å². The molecule has 1 aliphatic rings. The summed E-state index contributed by atoms with van der Waals surface area (Å²) in [6.07, 6.45) is 0.0956. The third kappa shape index (κ3) is 3.62. The summed E-state index contributed by atoms with van der Waals surface area (Å²) in [5, 5.41) is 5.33. The van der Waals surface area contributed by atoms with E-state index >= 15 is 0 Å². The molecular weight excluding hydrogens is 376 g/mol. The van der Waals surface area contributed by atoms with Gasteiger partial charge >= 0.3 is 6.03 Å². The second kappa shape index (κ2) is 7.44. The van der Waals surface area contributed by atoms with E-state index in [4.69, 9.17) is 11.6 Å². The Morgan fingerprint density at radius 3 is 2.43 bits per heavy atom. The molecule has 4 rings (SSSR count). The molecule has 28 heavy (non-hydrogen) atoms. The van der Waals surface area contributed by atoms with E-state index in [9.17, 15) is 14.4 Å². The molecule has 6 heteroatoms. The number of hydrogen-bond acceptors (Lipinski definition) is 3. The van der Waals surface area contributed by atoms with Crippen LogP contribution in [0.2, 0.25) is 5.02 Å². The minimum absolute atomic E-state index is 0.0956. The number of carbonyl (C=O) groups is 3. The summed E-state index contributed by atoms with van der Waals surface area (Å²) in [7, 11) is 0. The quantitative estimate of drug-likeness (QED) is 0.671. The van der Waals surface area contributed by atoms with E-state index in [0.717, 1.165) is 21.2 Å². The topological polar surface area (TPSA) is 66.5 Å². The lowest BCUT2D eigenvalue weighted by Crippen LogP contribution is -2.52. The summed E-state index contributed by atoms with van der Waals surface area (Å²) >= 11 is 5.88. The molecule has 3 aromatic carbocycles. The fourth-order valence-corrected chi connectivity index (χ4v) is 3.46. The van der Waals surface area contributed by atoms with Crippen LogP contribution < -0.4 is 5.32 Å². The largest absolute Gasteiger partial charge is 0.330 e. The van der Waals surface area contributed by atoms with E-state index in [1.807, 2.05) is 30.3 Å². The number of Topliss-reactive ketones (excluding diaryl/α,β-unsaturated/α-hetero) is 1. The molecule has 5 nitrogen and oxygen atoms in total. The van der Waals surface area contributed by atoms with Crippen LogP contribution >= 0.6 is 11.6 Å². The number of fused-ring (bicyclic) bond motifs is 1. The molecule has 1 N–H and O–H groups in total. The first-order valence-corrected chi connectivity index (χ1v) is 9.27. The van der Waals surface area contributed by atoms with Crippen molar-refractivity contribution in [2.75, 3.05) is 6.54 Å². The van der Waals surface area contributed by atoms with Crippen molar-refractivity contribution >= 4 is 40.1 Å². The summed E-state index contributed by atoms with van der Waals surface area (Å²) in [5.74, 6) is -0.656. The van der Waals surface area contributed by atoms with Gasteiger partial charge in [0.15, 0.2) is 5.78 Å². The van der Waals surface area contributed by atoms with Gasteiger partial charge in [0, 0.05) is 10.6 Å². The van der Waals surface area contributed by atoms with E-state index in [2.05, 4.69) is 5.32 Å². The summed E-state index contributed by atoms with van der Waals surface area (Å²) in [5.41, 5.74) is 1.27. The highest BCUT2D eigenvalue weighted by Gasteiger charge is 2.34. The van der Waals surface area contributed by atoms with Crippen molar-refractivity contribution in [1.82, 2.24) is 10.2 Å². The monoisotopic (exact) mass is 392 g/mol. The predicted octanol–water partition coefficient (Wildman–Crippen LogP) is 4.36. The van der Waals surface area contributed by atoms with Gasteiger partial charge in [-0.2, -0.15) is 0 Å². The molecule has 0 saturated carbocycles. The Kier molecular flexibility index (Phi) is 4.84. The number of benzene rings is 3. The third-order valence-electron chi connectivity index (χ3n) is 4.87. The van der Waals surface area contributed by atoms with Crippen molar-refractivity contribution in [3.05, 3.63) is 82.9 Å². The Morgan fingerprint density at radius 2 is 1.71 bits per heavy atom. The summed E-state index contributed by atoms with van der Waals surface area (Å²) in [6.45, 7) is -0.281. The number of imide groups is 1. The van der Waals surface area contributed by atoms with Crippen LogP contribution in [0.1, 0.15) is 28.4 Å². The molecule has 1 saturated heterocycles. The SMILES string of the molecule is O=C(CN1C(=O)CC(c2ccc(Cl)cc2)NC1=O)c1ccc2ccccc2c1. The maximum atomic E-state index is 12.6. The molecular formula is C22H17ClN2O3. The number of nitrogens with zero attached hydrogens (tertiary/aromatic N) is 1. The molecule has 3 amide bonds. The molecule has 0 aliphatic carbocycles. The molecule has 1 fully saturated rings. The van der Waals surface area contributed by atoms with Crippen molar-refractivity contribution in [1.29, 1.82) is 0 Å². The van der Waals surface area contributed by atoms with E-state index in [1.165, 1.54) is 0 Å². The van der Waals surface area contributed by atoms with Crippen LogP contribution in [0.4, 0.5) is 4.79 Å². The third-order valence-corrected chi connectivity index (χ3v) is 5.12. The predicted molar refractivity (Wildman–Crippen MR) is 107 cm³/mol. The minimum Gasteiger partial charge on any atom is -0.330 e. The fourth-order valence-electron chi connectivity index (χ4n) is 3.33. The van der Waals surface area contributed by atoms with Gasteiger partial charge in [0.1, 0.15) is 0 Å². The lowest BCUT2D eigenvalue weighted by Gasteiger charge is -2.31. The molecule has 1 unspecified atom stereocenters. The highest BCUT2D eigenvalue weighted by atomic mass is 35.5. The fraction of sp³-hybridized carbons (Fsp3) is 0.136. The second-order valence-corrected chi connectivity index (χ2v) is 7.16. The number of urea groups is 1. The van der Waals surface area contributed by atoms with Gasteiger partial charge in [-0.25, -0.2) is 4.79 Å². The average molecular weight is 393 g/mol. The lowest BCUT2D eigenvalue weighted by molar-refractivity contribution is -0.129. The van der Waals surface area contributed by atoms with E-state index < -0.39 is 12.1 Å². The Balaban J connectivity index is 1.48.